The molecular weight excluding hydrogens is 969 g/mol. The largest absolute Gasteiger partial charge is 0.231 e. The van der Waals surface area contributed by atoms with Crippen molar-refractivity contribution in [3.8, 4) is 94.7 Å². The van der Waals surface area contributed by atoms with Crippen molar-refractivity contribution in [1.29, 1.82) is 0 Å². The van der Waals surface area contributed by atoms with E-state index in [0.29, 0.717) is 71.2 Å². The zero-order chi connectivity index (χ0) is 54.0. The SMILES string of the molecule is C(#Cc1cccc(C#Cc2cc3c(C#Cc4cccc(C#Cc5ccccc5)n4)cc2CCc2cc(C#Cc4cccc(C#Cc5ccccc5)n4)c(cc2C#Cc2cccc(C#Cc4ccccc4)n2)CC3)n1)c1ccccc1. The van der Waals surface area contributed by atoms with E-state index < -0.39 is 0 Å². The fourth-order valence-corrected chi connectivity index (χ4v) is 8.66. The van der Waals surface area contributed by atoms with E-state index in [0.717, 1.165) is 66.8 Å². The Morgan fingerprint density at radius 1 is 0.188 bits per heavy atom. The van der Waals surface area contributed by atoms with E-state index in [1.165, 1.54) is 0 Å². The van der Waals surface area contributed by atoms with Gasteiger partial charge in [-0.3, -0.25) is 0 Å². The summed E-state index contributed by atoms with van der Waals surface area (Å²) in [5.74, 6) is 53.4. The quantitative estimate of drug-likeness (QED) is 0.142. The van der Waals surface area contributed by atoms with Crippen LogP contribution in [-0.4, -0.2) is 19.9 Å². The first-order valence-electron chi connectivity index (χ1n) is 26.1. The molecule has 0 atom stereocenters. The third-order valence-corrected chi connectivity index (χ3v) is 12.7. The van der Waals surface area contributed by atoms with Crippen molar-refractivity contribution in [1.82, 2.24) is 19.9 Å². The number of aryl methyl sites for hydroxylation is 4. The molecule has 0 radical (unpaired) electrons. The van der Waals surface area contributed by atoms with E-state index in [2.05, 4.69) is 119 Å². The van der Waals surface area contributed by atoms with E-state index in [-0.39, 0.29) is 0 Å². The van der Waals surface area contributed by atoms with Gasteiger partial charge in [0.25, 0.3) is 0 Å². The van der Waals surface area contributed by atoms with E-state index in [1.807, 2.05) is 194 Å². The molecule has 0 unspecified atom stereocenters. The molecule has 10 aromatic rings. The molecule has 0 N–H and O–H groups in total. The van der Waals surface area contributed by atoms with Crippen molar-refractivity contribution in [2.24, 2.45) is 0 Å². The second kappa shape index (κ2) is 25.3. The molecule has 0 amide bonds. The van der Waals surface area contributed by atoms with Crippen molar-refractivity contribution in [2.45, 2.75) is 25.7 Å². The lowest BCUT2D eigenvalue weighted by atomic mass is 9.87. The monoisotopic (exact) mass is 1010 g/mol. The first-order chi connectivity index (χ1) is 39.6. The van der Waals surface area contributed by atoms with Crippen LogP contribution < -0.4 is 0 Å². The molecule has 0 spiro atoms. The minimum absolute atomic E-state index is 0.630. The zero-order valence-corrected chi connectivity index (χ0v) is 43.4. The average molecular weight is 1010 g/mol. The summed E-state index contributed by atoms with van der Waals surface area (Å²) < 4.78 is 0. The summed E-state index contributed by atoms with van der Waals surface area (Å²) in [7, 11) is 0. The molecule has 0 fully saturated rings. The Bertz CT molecular complexity index is 3920. The molecule has 4 aromatic heterocycles. The third-order valence-electron chi connectivity index (χ3n) is 12.7. The summed E-state index contributed by atoms with van der Waals surface area (Å²) in [4.78, 5) is 19.3. The minimum atomic E-state index is 0.630. The molecule has 14 rings (SSSR count). The molecule has 4 heteroatoms. The fourth-order valence-electron chi connectivity index (χ4n) is 8.66. The Labute approximate surface area is 468 Å². The van der Waals surface area contributed by atoms with Crippen LogP contribution in [0.25, 0.3) is 0 Å². The number of hydrogen-bond donors (Lipinski definition) is 0. The smallest absolute Gasteiger partial charge is 0.115 e. The Balaban J connectivity index is 0.987. The van der Waals surface area contributed by atoms with Crippen LogP contribution in [0.15, 0.2) is 218 Å². The second-order valence-electron chi connectivity index (χ2n) is 18.4. The molecule has 0 aliphatic heterocycles. The van der Waals surface area contributed by atoms with Gasteiger partial charge in [0, 0.05) is 44.5 Å². The van der Waals surface area contributed by atoms with Gasteiger partial charge < -0.3 is 0 Å². The molecule has 6 aromatic carbocycles. The van der Waals surface area contributed by atoms with Crippen LogP contribution in [0.5, 0.6) is 0 Å². The number of nitrogens with zero attached hydrogens (tertiary/aromatic N) is 4. The first-order valence-corrected chi connectivity index (χ1v) is 26.1. The van der Waals surface area contributed by atoms with Gasteiger partial charge in [-0.2, -0.15) is 0 Å². The van der Waals surface area contributed by atoms with Crippen molar-refractivity contribution >= 4 is 0 Å². The summed E-state index contributed by atoms with van der Waals surface area (Å²) in [6.07, 6.45) is 2.52. The molecule has 0 saturated carbocycles. The topological polar surface area (TPSA) is 51.6 Å². The van der Waals surface area contributed by atoms with Gasteiger partial charge in [0.2, 0.25) is 0 Å². The molecule has 4 heterocycles. The Kier molecular flexibility index (Phi) is 16.0. The average Bonchev–Trinajstić information content (AvgIpc) is 3.51. The van der Waals surface area contributed by atoms with Gasteiger partial charge in [-0.05, 0) is 217 Å². The lowest BCUT2D eigenvalue weighted by Gasteiger charge is -2.17. The van der Waals surface area contributed by atoms with E-state index in [1.54, 1.807) is 0 Å². The van der Waals surface area contributed by atoms with Gasteiger partial charge in [0.05, 0.1) is 0 Å². The molecule has 4 bridgehead atoms. The van der Waals surface area contributed by atoms with Crippen LogP contribution in [-0.2, 0) is 25.7 Å². The Morgan fingerprint density at radius 2 is 0.375 bits per heavy atom. The number of hydrogen-bond acceptors (Lipinski definition) is 4. The molecule has 4 aliphatic carbocycles. The maximum absolute atomic E-state index is 4.82. The van der Waals surface area contributed by atoms with E-state index in [4.69, 9.17) is 19.9 Å². The highest BCUT2D eigenvalue weighted by atomic mass is 14.7. The second-order valence-corrected chi connectivity index (χ2v) is 18.4. The van der Waals surface area contributed by atoms with E-state index >= 15 is 0 Å². The van der Waals surface area contributed by atoms with Gasteiger partial charge in [-0.25, -0.2) is 19.9 Å². The third kappa shape index (κ3) is 14.0. The normalized spacial score (nSPS) is 10.5. The summed E-state index contributed by atoms with van der Waals surface area (Å²) in [6, 6.07) is 71.5. The van der Waals surface area contributed by atoms with Gasteiger partial charge >= 0.3 is 0 Å². The number of benzene rings is 6. The van der Waals surface area contributed by atoms with Crippen molar-refractivity contribution < 1.29 is 0 Å². The molecule has 80 heavy (non-hydrogen) atoms. The van der Waals surface area contributed by atoms with Crippen LogP contribution >= 0.6 is 0 Å². The van der Waals surface area contributed by atoms with Gasteiger partial charge in [0.15, 0.2) is 0 Å². The van der Waals surface area contributed by atoms with Gasteiger partial charge in [0.1, 0.15) is 45.6 Å². The molecule has 4 aliphatic rings. The summed E-state index contributed by atoms with van der Waals surface area (Å²) in [5, 5.41) is 0. The Hall–Kier alpha value is -11.6. The van der Waals surface area contributed by atoms with Crippen LogP contribution in [0, 0.1) is 94.7 Å². The highest BCUT2D eigenvalue weighted by Gasteiger charge is 2.16. The van der Waals surface area contributed by atoms with Gasteiger partial charge in [-0.1, -0.05) is 144 Å². The predicted octanol–water partition coefficient (Wildman–Crippen LogP) is 12.3. The summed E-state index contributed by atoms with van der Waals surface area (Å²) in [5.41, 5.74) is 16.6. The van der Waals surface area contributed by atoms with Crippen molar-refractivity contribution in [3.63, 3.8) is 0 Å². The standard InChI is InChI=1S/C76H44N4/c1-5-17-57(18-6-1)33-45-69-25-13-29-73(77-69)49-41-65-53-62-39-40-64-56-67(43-51-75-31-15-27-71(79-75)47-35-59-21-9-3-10-22-59)63(55-68(64)44-52-76-32-16-28-72(80-76)48-36-60-23-11-4-12-24-60)38-37-61(65)54-66(62)42-50-74-30-14-26-70(78-74)46-34-58-19-7-2-8-20-58/h1-32,53-56H,37-40H2. The number of pyridine rings is 4. The highest BCUT2D eigenvalue weighted by Crippen LogP contribution is 2.26. The predicted molar refractivity (Wildman–Crippen MR) is 318 cm³/mol. The fraction of sp³-hybridized carbons (Fsp3) is 0.0526. The lowest BCUT2D eigenvalue weighted by molar-refractivity contribution is 0.910. The van der Waals surface area contributed by atoms with Crippen molar-refractivity contribution in [3.05, 3.63) is 331 Å². The maximum Gasteiger partial charge on any atom is 0.115 e. The van der Waals surface area contributed by atoms with E-state index in [9.17, 15) is 0 Å². The Morgan fingerprint density at radius 3 is 0.575 bits per heavy atom. The maximum atomic E-state index is 4.82. The highest BCUT2D eigenvalue weighted by molar-refractivity contribution is 5.60. The first kappa shape index (κ1) is 50.6. The lowest BCUT2D eigenvalue weighted by Crippen LogP contribution is -2.07. The molecule has 4 nitrogen and oxygen atoms in total. The van der Waals surface area contributed by atoms with Crippen LogP contribution in [0.2, 0.25) is 0 Å². The van der Waals surface area contributed by atoms with Crippen molar-refractivity contribution in [2.75, 3.05) is 0 Å². The van der Waals surface area contributed by atoms with Crippen LogP contribution in [0.4, 0.5) is 0 Å². The van der Waals surface area contributed by atoms with Gasteiger partial charge in [-0.15, -0.1) is 0 Å². The molecule has 0 saturated heterocycles. The molecule has 368 valence electrons. The minimum Gasteiger partial charge on any atom is -0.231 e. The summed E-state index contributed by atoms with van der Waals surface area (Å²) >= 11 is 0. The number of aromatic nitrogens is 4. The summed E-state index contributed by atoms with van der Waals surface area (Å²) in [6.45, 7) is 0. The number of rotatable bonds is 0. The van der Waals surface area contributed by atoms with Crippen LogP contribution in [0.1, 0.15) is 112 Å². The van der Waals surface area contributed by atoms with Crippen LogP contribution in [0.3, 0.4) is 0 Å². The zero-order valence-electron chi connectivity index (χ0n) is 43.4. The molecular formula is C76H44N4.